The molecule has 1 amide bonds. The molecule has 0 radical (unpaired) electrons. The summed E-state index contributed by atoms with van der Waals surface area (Å²) in [5.41, 5.74) is 4.74. The van der Waals surface area contributed by atoms with E-state index in [4.69, 9.17) is 28.7 Å². The molecule has 10 nitrogen and oxygen atoms in total. The highest BCUT2D eigenvalue weighted by Gasteiger charge is 2.27. The van der Waals surface area contributed by atoms with Gasteiger partial charge in [0.1, 0.15) is 11.1 Å². The topological polar surface area (TPSA) is 115 Å². The third-order valence-electron chi connectivity index (χ3n) is 6.84. The summed E-state index contributed by atoms with van der Waals surface area (Å²) in [6.07, 6.45) is 0.735. The molecule has 3 aromatic rings. The normalized spacial score (nSPS) is 13.8. The maximum absolute atomic E-state index is 12.8. The summed E-state index contributed by atoms with van der Waals surface area (Å²) in [5.74, 6) is 2.77. The van der Waals surface area contributed by atoms with Crippen LogP contribution >= 0.6 is 11.8 Å². The first-order valence-electron chi connectivity index (χ1n) is 12.7. The SMILES string of the molecule is COc1cc(-c2c(C#N)c(SCC(=O)NCc3ccc4c(c3)OCO4)nc3c2CN(C)CC3)cc(OC)c1OC. The van der Waals surface area contributed by atoms with E-state index in [1.807, 2.05) is 37.4 Å². The van der Waals surface area contributed by atoms with Crippen LogP contribution in [0.3, 0.4) is 0 Å². The lowest BCUT2D eigenvalue weighted by Crippen LogP contribution is -2.28. The zero-order valence-corrected chi connectivity index (χ0v) is 23.6. The van der Waals surface area contributed by atoms with Crippen molar-refractivity contribution in [3.8, 4) is 45.9 Å². The summed E-state index contributed by atoms with van der Waals surface area (Å²) in [7, 11) is 6.72. The molecule has 2 aliphatic rings. The average molecular weight is 563 g/mol. The highest BCUT2D eigenvalue weighted by atomic mass is 32.2. The summed E-state index contributed by atoms with van der Waals surface area (Å²) < 4.78 is 27.4. The van der Waals surface area contributed by atoms with Gasteiger partial charge in [-0.25, -0.2) is 4.98 Å². The van der Waals surface area contributed by atoms with Crippen molar-refractivity contribution in [2.75, 3.05) is 47.5 Å². The maximum atomic E-state index is 12.8. The first-order valence-corrected chi connectivity index (χ1v) is 13.7. The number of methoxy groups -OCH3 is 3. The first-order chi connectivity index (χ1) is 19.4. The summed E-state index contributed by atoms with van der Waals surface area (Å²) in [6, 6.07) is 11.6. The van der Waals surface area contributed by atoms with E-state index < -0.39 is 0 Å². The first kappa shape index (κ1) is 27.4. The van der Waals surface area contributed by atoms with Crippen LogP contribution in [0.1, 0.15) is 22.4 Å². The van der Waals surface area contributed by atoms with Crippen LogP contribution in [0.5, 0.6) is 28.7 Å². The number of fused-ring (bicyclic) bond motifs is 2. The Morgan fingerprint density at radius 3 is 2.58 bits per heavy atom. The second-order valence-corrected chi connectivity index (χ2v) is 10.3. The van der Waals surface area contributed by atoms with Crippen LogP contribution in [0.2, 0.25) is 0 Å². The molecule has 1 aromatic heterocycles. The molecule has 0 unspecified atom stereocenters. The Kier molecular flexibility index (Phi) is 8.19. The number of hydrogen-bond donors (Lipinski definition) is 1. The maximum Gasteiger partial charge on any atom is 0.231 e. The van der Waals surface area contributed by atoms with Gasteiger partial charge in [0, 0.05) is 37.3 Å². The predicted octanol–water partition coefficient (Wildman–Crippen LogP) is 3.77. The van der Waals surface area contributed by atoms with Gasteiger partial charge < -0.3 is 33.9 Å². The highest BCUT2D eigenvalue weighted by molar-refractivity contribution is 8.00. The van der Waals surface area contributed by atoms with Gasteiger partial charge >= 0.3 is 0 Å². The van der Waals surface area contributed by atoms with Crippen LogP contribution in [0, 0.1) is 11.3 Å². The van der Waals surface area contributed by atoms with Gasteiger partial charge in [-0.15, -0.1) is 0 Å². The number of amides is 1. The van der Waals surface area contributed by atoms with E-state index in [2.05, 4.69) is 16.3 Å². The minimum Gasteiger partial charge on any atom is -0.493 e. The molecule has 0 atom stereocenters. The number of nitriles is 1. The van der Waals surface area contributed by atoms with Gasteiger partial charge in [0.2, 0.25) is 18.4 Å². The Morgan fingerprint density at radius 1 is 1.12 bits per heavy atom. The van der Waals surface area contributed by atoms with E-state index in [0.717, 1.165) is 40.9 Å². The summed E-state index contributed by atoms with van der Waals surface area (Å²) in [6.45, 7) is 2.04. The third kappa shape index (κ3) is 5.46. The number of aromatic nitrogens is 1. The van der Waals surface area contributed by atoms with Gasteiger partial charge in [-0.3, -0.25) is 4.79 Å². The minimum absolute atomic E-state index is 0.111. The van der Waals surface area contributed by atoms with Gasteiger partial charge in [0.25, 0.3) is 0 Å². The van der Waals surface area contributed by atoms with Crippen LogP contribution < -0.4 is 29.0 Å². The quantitative estimate of drug-likeness (QED) is 0.387. The number of nitrogens with zero attached hydrogens (tertiary/aromatic N) is 3. The predicted molar refractivity (Wildman–Crippen MR) is 149 cm³/mol. The molecule has 3 heterocycles. The van der Waals surface area contributed by atoms with Gasteiger partial charge in [0.15, 0.2) is 23.0 Å². The number of rotatable bonds is 9. The number of pyridine rings is 1. The van der Waals surface area contributed by atoms with Crippen molar-refractivity contribution in [3.63, 3.8) is 0 Å². The number of hydrogen-bond acceptors (Lipinski definition) is 10. The summed E-state index contributed by atoms with van der Waals surface area (Å²) in [5, 5.41) is 13.8. The molecule has 208 valence electrons. The average Bonchev–Trinajstić information content (AvgIpc) is 3.45. The van der Waals surface area contributed by atoms with E-state index >= 15 is 0 Å². The van der Waals surface area contributed by atoms with E-state index in [1.54, 1.807) is 21.3 Å². The van der Waals surface area contributed by atoms with Crippen molar-refractivity contribution in [1.29, 1.82) is 5.26 Å². The molecule has 0 fully saturated rings. The Balaban J connectivity index is 1.44. The van der Waals surface area contributed by atoms with Crippen molar-refractivity contribution in [3.05, 3.63) is 52.7 Å². The number of carbonyl (C=O) groups excluding carboxylic acids is 1. The Labute approximate surface area is 237 Å². The highest BCUT2D eigenvalue weighted by Crippen LogP contribution is 2.45. The number of thioether (sulfide) groups is 1. The van der Waals surface area contributed by atoms with Gasteiger partial charge in [-0.05, 0) is 48.0 Å². The molecule has 5 rings (SSSR count). The molecule has 2 aliphatic heterocycles. The van der Waals surface area contributed by atoms with Crippen molar-refractivity contribution >= 4 is 17.7 Å². The van der Waals surface area contributed by atoms with Gasteiger partial charge in [-0.1, -0.05) is 17.8 Å². The molecule has 0 saturated heterocycles. The zero-order chi connectivity index (χ0) is 28.2. The van der Waals surface area contributed by atoms with Crippen molar-refractivity contribution < 1.29 is 28.5 Å². The van der Waals surface area contributed by atoms with Crippen LogP contribution in [-0.2, 0) is 24.3 Å². The van der Waals surface area contributed by atoms with Crippen LogP contribution in [0.15, 0.2) is 35.4 Å². The standard InChI is InChI=1S/C29H30N4O6S/c1-33-8-7-21-20(14-33)27(18-10-24(35-2)28(37-4)25(11-18)36-3)19(12-30)29(32-21)40-15-26(34)31-13-17-5-6-22-23(9-17)39-16-38-22/h5-6,9-11H,7-8,13-16H2,1-4H3,(H,31,34). The third-order valence-corrected chi connectivity index (χ3v) is 7.82. The lowest BCUT2D eigenvalue weighted by molar-refractivity contribution is -0.118. The second-order valence-electron chi connectivity index (χ2n) is 9.36. The summed E-state index contributed by atoms with van der Waals surface area (Å²) >= 11 is 1.25. The minimum atomic E-state index is -0.167. The number of benzene rings is 2. The molecule has 1 N–H and O–H groups in total. The molecule has 11 heteroatoms. The molecule has 0 aliphatic carbocycles. The number of nitrogens with one attached hydrogen (secondary N) is 1. The number of carbonyl (C=O) groups is 1. The number of ether oxygens (including phenoxy) is 5. The number of likely N-dealkylation sites (N-methyl/N-ethyl adjacent to an activating group) is 1. The van der Waals surface area contributed by atoms with E-state index in [9.17, 15) is 10.1 Å². The second kappa shape index (κ2) is 11.9. The Morgan fingerprint density at radius 2 is 1.88 bits per heavy atom. The smallest absolute Gasteiger partial charge is 0.231 e. The Bertz CT molecular complexity index is 1460. The molecule has 0 saturated carbocycles. The van der Waals surface area contributed by atoms with E-state index in [0.29, 0.717) is 52.4 Å². The molecule has 0 bridgehead atoms. The lowest BCUT2D eigenvalue weighted by Gasteiger charge is -2.28. The van der Waals surface area contributed by atoms with Crippen LogP contribution in [0.25, 0.3) is 11.1 Å². The molecule has 2 aromatic carbocycles. The molecular formula is C29H30N4O6S. The van der Waals surface area contributed by atoms with Crippen molar-refractivity contribution in [2.24, 2.45) is 0 Å². The lowest BCUT2D eigenvalue weighted by atomic mass is 9.91. The monoisotopic (exact) mass is 562 g/mol. The van der Waals surface area contributed by atoms with Gasteiger partial charge in [0.05, 0.1) is 32.6 Å². The van der Waals surface area contributed by atoms with E-state index in [-0.39, 0.29) is 18.5 Å². The fraction of sp³-hybridized carbons (Fsp3) is 0.345. The van der Waals surface area contributed by atoms with Crippen LogP contribution in [0.4, 0.5) is 0 Å². The molecular weight excluding hydrogens is 532 g/mol. The largest absolute Gasteiger partial charge is 0.493 e. The van der Waals surface area contributed by atoms with Crippen LogP contribution in [-0.4, -0.2) is 63.3 Å². The Hall–Kier alpha value is -4.14. The van der Waals surface area contributed by atoms with Gasteiger partial charge in [-0.2, -0.15) is 5.26 Å². The molecule has 0 spiro atoms. The molecule has 40 heavy (non-hydrogen) atoms. The zero-order valence-electron chi connectivity index (χ0n) is 22.8. The van der Waals surface area contributed by atoms with Crippen molar-refractivity contribution in [1.82, 2.24) is 15.2 Å². The fourth-order valence-electron chi connectivity index (χ4n) is 4.86. The van der Waals surface area contributed by atoms with E-state index in [1.165, 1.54) is 11.8 Å². The van der Waals surface area contributed by atoms with Crippen molar-refractivity contribution in [2.45, 2.75) is 24.5 Å². The summed E-state index contributed by atoms with van der Waals surface area (Å²) in [4.78, 5) is 19.9. The fourth-order valence-corrected chi connectivity index (χ4v) is 5.70.